The molecule has 1 saturated heterocycles. The van der Waals surface area contributed by atoms with Crippen LogP contribution in [0.4, 0.5) is 5.69 Å². The number of aromatic carboxylic acids is 1. The number of rotatable bonds is 3. The molecule has 2 rings (SSSR count). The van der Waals surface area contributed by atoms with Crippen LogP contribution in [0.1, 0.15) is 42.1 Å². The molecule has 0 bridgehead atoms. The minimum Gasteiger partial charge on any atom is -0.478 e. The van der Waals surface area contributed by atoms with Crippen molar-refractivity contribution in [1.82, 2.24) is 0 Å². The van der Waals surface area contributed by atoms with Crippen molar-refractivity contribution in [2.45, 2.75) is 33.1 Å². The largest absolute Gasteiger partial charge is 0.478 e. The lowest BCUT2D eigenvalue weighted by Crippen LogP contribution is -2.33. The Morgan fingerprint density at radius 2 is 2.06 bits per heavy atom. The second-order valence-corrected chi connectivity index (χ2v) is 5.15. The minimum atomic E-state index is -0.852. The van der Waals surface area contributed by atoms with Gasteiger partial charge in [-0.15, -0.1) is 0 Å². The quantitative estimate of drug-likeness (QED) is 0.890. The smallest absolute Gasteiger partial charge is 0.335 e. The Morgan fingerprint density at radius 3 is 2.56 bits per heavy atom. The van der Waals surface area contributed by atoms with E-state index in [0.717, 1.165) is 24.6 Å². The van der Waals surface area contributed by atoms with Gasteiger partial charge in [0.2, 0.25) is 0 Å². The van der Waals surface area contributed by atoms with E-state index in [-0.39, 0.29) is 0 Å². The van der Waals surface area contributed by atoms with E-state index < -0.39 is 5.97 Å². The fraction of sp³-hybridized carbons (Fsp3) is 0.533. The molecule has 0 aliphatic carbocycles. The predicted octanol–water partition coefficient (Wildman–Crippen LogP) is 3.32. The molecule has 1 fully saturated rings. The van der Waals surface area contributed by atoms with E-state index in [0.29, 0.717) is 5.56 Å². The Kier molecular flexibility index (Phi) is 3.90. The highest BCUT2D eigenvalue weighted by molar-refractivity contribution is 5.88. The third-order valence-electron chi connectivity index (χ3n) is 3.98. The lowest BCUT2D eigenvalue weighted by atomic mass is 9.93. The Balaban J connectivity index is 2.12. The van der Waals surface area contributed by atoms with Crippen molar-refractivity contribution < 1.29 is 9.90 Å². The van der Waals surface area contributed by atoms with Gasteiger partial charge < -0.3 is 10.0 Å². The van der Waals surface area contributed by atoms with E-state index in [1.165, 1.54) is 24.9 Å². The highest BCUT2D eigenvalue weighted by Crippen LogP contribution is 2.27. The van der Waals surface area contributed by atoms with Crippen LogP contribution in [0.3, 0.4) is 0 Å². The Bertz CT molecular complexity index is 434. The molecule has 1 N–H and O–H groups in total. The molecule has 18 heavy (non-hydrogen) atoms. The number of piperidine rings is 1. The van der Waals surface area contributed by atoms with E-state index in [1.54, 1.807) is 12.1 Å². The molecule has 0 amide bonds. The molecule has 0 unspecified atom stereocenters. The number of carboxylic acid groups (broad SMARTS) is 1. The van der Waals surface area contributed by atoms with Crippen LogP contribution in [-0.4, -0.2) is 24.2 Å². The summed E-state index contributed by atoms with van der Waals surface area (Å²) in [6.07, 6.45) is 3.76. The van der Waals surface area contributed by atoms with Crippen LogP contribution in [0.25, 0.3) is 0 Å². The van der Waals surface area contributed by atoms with Gasteiger partial charge in [-0.3, -0.25) is 0 Å². The summed E-state index contributed by atoms with van der Waals surface area (Å²) in [6, 6.07) is 5.42. The van der Waals surface area contributed by atoms with Gasteiger partial charge in [-0.25, -0.2) is 4.79 Å². The van der Waals surface area contributed by atoms with E-state index in [1.807, 2.05) is 13.0 Å². The first-order chi connectivity index (χ1) is 8.61. The zero-order valence-corrected chi connectivity index (χ0v) is 11.1. The van der Waals surface area contributed by atoms with Gasteiger partial charge in [-0.05, 0) is 49.4 Å². The molecule has 3 heteroatoms. The van der Waals surface area contributed by atoms with Crippen molar-refractivity contribution in [3.05, 3.63) is 29.3 Å². The SMILES string of the molecule is CCC1CCN(c2ccc(C(=O)O)cc2C)CC1. The summed E-state index contributed by atoms with van der Waals surface area (Å²) >= 11 is 0. The summed E-state index contributed by atoms with van der Waals surface area (Å²) in [5, 5.41) is 8.96. The zero-order valence-electron chi connectivity index (χ0n) is 11.1. The number of hydrogen-bond donors (Lipinski definition) is 1. The van der Waals surface area contributed by atoms with E-state index in [2.05, 4.69) is 11.8 Å². The van der Waals surface area contributed by atoms with Gasteiger partial charge in [0.15, 0.2) is 0 Å². The molecule has 0 saturated carbocycles. The van der Waals surface area contributed by atoms with Crippen LogP contribution in [0, 0.1) is 12.8 Å². The maximum absolute atomic E-state index is 10.9. The van der Waals surface area contributed by atoms with Gasteiger partial charge in [-0.2, -0.15) is 0 Å². The van der Waals surface area contributed by atoms with Crippen molar-refractivity contribution in [1.29, 1.82) is 0 Å². The molecule has 1 aliphatic heterocycles. The summed E-state index contributed by atoms with van der Waals surface area (Å²) < 4.78 is 0. The van der Waals surface area contributed by atoms with Gasteiger partial charge >= 0.3 is 5.97 Å². The third kappa shape index (κ3) is 2.66. The summed E-state index contributed by atoms with van der Waals surface area (Å²) in [4.78, 5) is 13.3. The normalized spacial score (nSPS) is 16.9. The molecular weight excluding hydrogens is 226 g/mol. The number of anilines is 1. The molecule has 1 heterocycles. The minimum absolute atomic E-state index is 0.375. The summed E-state index contributed by atoms with van der Waals surface area (Å²) in [6.45, 7) is 6.43. The van der Waals surface area contributed by atoms with Crippen molar-refractivity contribution in [2.24, 2.45) is 5.92 Å². The van der Waals surface area contributed by atoms with Crippen molar-refractivity contribution in [2.75, 3.05) is 18.0 Å². The molecular formula is C15H21NO2. The van der Waals surface area contributed by atoms with Gasteiger partial charge in [-0.1, -0.05) is 13.3 Å². The second-order valence-electron chi connectivity index (χ2n) is 5.15. The molecule has 1 aromatic rings. The standard InChI is InChI=1S/C15H21NO2/c1-3-12-6-8-16(9-7-12)14-5-4-13(15(17)18)10-11(14)2/h4-5,10,12H,3,6-9H2,1-2H3,(H,17,18). The second kappa shape index (κ2) is 5.42. The summed E-state index contributed by atoms with van der Waals surface area (Å²) in [5.41, 5.74) is 2.62. The van der Waals surface area contributed by atoms with Crippen LogP contribution < -0.4 is 4.90 Å². The van der Waals surface area contributed by atoms with E-state index in [9.17, 15) is 4.79 Å². The molecule has 0 radical (unpaired) electrons. The average molecular weight is 247 g/mol. The fourth-order valence-electron chi connectivity index (χ4n) is 2.73. The number of nitrogens with zero attached hydrogens (tertiary/aromatic N) is 1. The lowest BCUT2D eigenvalue weighted by Gasteiger charge is -2.34. The number of carbonyl (C=O) groups is 1. The third-order valence-corrected chi connectivity index (χ3v) is 3.98. The Hall–Kier alpha value is -1.51. The molecule has 3 nitrogen and oxygen atoms in total. The van der Waals surface area contributed by atoms with Crippen LogP contribution in [-0.2, 0) is 0 Å². The molecule has 1 aliphatic rings. The zero-order chi connectivity index (χ0) is 13.1. The summed E-state index contributed by atoms with van der Waals surface area (Å²) in [7, 11) is 0. The molecule has 0 aromatic heterocycles. The van der Waals surface area contributed by atoms with Crippen molar-refractivity contribution in [3.63, 3.8) is 0 Å². The maximum atomic E-state index is 10.9. The van der Waals surface area contributed by atoms with Gasteiger partial charge in [0, 0.05) is 18.8 Å². The highest BCUT2D eigenvalue weighted by Gasteiger charge is 2.19. The van der Waals surface area contributed by atoms with Crippen molar-refractivity contribution >= 4 is 11.7 Å². The average Bonchev–Trinajstić information content (AvgIpc) is 2.38. The Labute approximate surface area is 108 Å². The molecule has 98 valence electrons. The fourth-order valence-corrected chi connectivity index (χ4v) is 2.73. The van der Waals surface area contributed by atoms with E-state index in [4.69, 9.17) is 5.11 Å². The monoisotopic (exact) mass is 247 g/mol. The molecule has 0 spiro atoms. The molecule has 1 aromatic carbocycles. The van der Waals surface area contributed by atoms with Crippen LogP contribution in [0.2, 0.25) is 0 Å². The van der Waals surface area contributed by atoms with Crippen LogP contribution >= 0.6 is 0 Å². The number of hydrogen-bond acceptors (Lipinski definition) is 2. The van der Waals surface area contributed by atoms with E-state index >= 15 is 0 Å². The highest BCUT2D eigenvalue weighted by atomic mass is 16.4. The topological polar surface area (TPSA) is 40.5 Å². The number of aryl methyl sites for hydroxylation is 1. The van der Waals surface area contributed by atoms with Gasteiger partial charge in [0.1, 0.15) is 0 Å². The Morgan fingerprint density at radius 1 is 1.39 bits per heavy atom. The van der Waals surface area contributed by atoms with Gasteiger partial charge in [0.25, 0.3) is 0 Å². The maximum Gasteiger partial charge on any atom is 0.335 e. The lowest BCUT2D eigenvalue weighted by molar-refractivity contribution is 0.0697. The van der Waals surface area contributed by atoms with Crippen LogP contribution in [0.15, 0.2) is 18.2 Å². The summed E-state index contributed by atoms with van der Waals surface area (Å²) in [5.74, 6) is 0.00851. The van der Waals surface area contributed by atoms with Crippen LogP contribution in [0.5, 0.6) is 0 Å². The van der Waals surface area contributed by atoms with Crippen molar-refractivity contribution in [3.8, 4) is 0 Å². The first-order valence-electron chi connectivity index (χ1n) is 6.70. The first-order valence-corrected chi connectivity index (χ1v) is 6.70. The molecule has 0 atom stereocenters. The van der Waals surface area contributed by atoms with Gasteiger partial charge in [0.05, 0.1) is 5.56 Å². The number of carboxylic acids is 1. The number of benzene rings is 1. The first kappa shape index (κ1) is 12.9. The predicted molar refractivity (Wildman–Crippen MR) is 73.4 cm³/mol.